The molecule has 3 rings (SSSR count). The Bertz CT molecular complexity index is 818. The molecule has 0 unspecified atom stereocenters. The summed E-state index contributed by atoms with van der Waals surface area (Å²) in [5, 5.41) is 5.95. The Morgan fingerprint density at radius 3 is 2.92 bits per heavy atom. The van der Waals surface area contributed by atoms with Crippen LogP contribution < -0.4 is 4.90 Å². The SMILES string of the molecule is CCN(C(=O)CCCc1nc(-c2cccs2)no1)c1ccc(Br)cn1. The Morgan fingerprint density at radius 1 is 1.36 bits per heavy atom. The van der Waals surface area contributed by atoms with Gasteiger partial charge in [0.1, 0.15) is 5.82 Å². The molecule has 0 aromatic carbocycles. The fourth-order valence-corrected chi connectivity index (χ4v) is 3.27. The molecule has 0 aliphatic carbocycles. The van der Waals surface area contributed by atoms with Gasteiger partial charge in [-0.2, -0.15) is 4.98 Å². The molecule has 0 atom stereocenters. The van der Waals surface area contributed by atoms with E-state index in [9.17, 15) is 4.79 Å². The number of thiophene rings is 1. The zero-order valence-electron chi connectivity index (χ0n) is 13.7. The average Bonchev–Trinajstić information content (AvgIpc) is 3.28. The fourth-order valence-electron chi connectivity index (χ4n) is 2.38. The first-order valence-corrected chi connectivity index (χ1v) is 9.63. The van der Waals surface area contributed by atoms with Crippen molar-refractivity contribution in [2.75, 3.05) is 11.4 Å². The first-order valence-electron chi connectivity index (χ1n) is 7.95. The van der Waals surface area contributed by atoms with Crippen molar-refractivity contribution in [3.05, 3.63) is 46.2 Å². The number of nitrogens with zero attached hydrogens (tertiary/aromatic N) is 4. The predicted octanol–water partition coefficient (Wildman–Crippen LogP) is 4.33. The maximum Gasteiger partial charge on any atom is 0.228 e. The second kappa shape index (κ2) is 8.35. The van der Waals surface area contributed by atoms with Crippen molar-refractivity contribution in [1.82, 2.24) is 15.1 Å². The number of rotatable bonds is 7. The molecule has 25 heavy (non-hydrogen) atoms. The molecular weight excluding hydrogens is 404 g/mol. The summed E-state index contributed by atoms with van der Waals surface area (Å²) in [5.41, 5.74) is 0. The largest absolute Gasteiger partial charge is 0.339 e. The van der Waals surface area contributed by atoms with Crippen molar-refractivity contribution >= 4 is 39.0 Å². The van der Waals surface area contributed by atoms with E-state index in [2.05, 4.69) is 31.1 Å². The molecule has 3 aromatic heterocycles. The number of pyridine rings is 1. The number of aromatic nitrogens is 3. The van der Waals surface area contributed by atoms with Gasteiger partial charge in [-0.25, -0.2) is 4.98 Å². The summed E-state index contributed by atoms with van der Waals surface area (Å²) in [7, 11) is 0. The summed E-state index contributed by atoms with van der Waals surface area (Å²) in [4.78, 5) is 23.8. The molecule has 0 bridgehead atoms. The van der Waals surface area contributed by atoms with E-state index in [4.69, 9.17) is 4.52 Å². The van der Waals surface area contributed by atoms with E-state index in [0.29, 0.717) is 43.3 Å². The number of amides is 1. The topological polar surface area (TPSA) is 72.1 Å². The number of hydrogen-bond donors (Lipinski definition) is 0. The third-order valence-corrected chi connectivity index (χ3v) is 4.93. The number of aryl methyl sites for hydroxylation is 1. The Balaban J connectivity index is 1.54. The third-order valence-electron chi connectivity index (χ3n) is 3.60. The van der Waals surface area contributed by atoms with E-state index in [1.54, 1.807) is 22.4 Å². The van der Waals surface area contributed by atoms with Crippen LogP contribution in [0.4, 0.5) is 5.82 Å². The summed E-state index contributed by atoms with van der Waals surface area (Å²) in [5.74, 6) is 1.86. The maximum absolute atomic E-state index is 12.5. The Morgan fingerprint density at radius 2 is 2.24 bits per heavy atom. The van der Waals surface area contributed by atoms with Crippen molar-refractivity contribution in [3.63, 3.8) is 0 Å². The second-order valence-corrected chi connectivity index (χ2v) is 7.18. The molecule has 0 saturated heterocycles. The van der Waals surface area contributed by atoms with E-state index in [-0.39, 0.29) is 5.91 Å². The van der Waals surface area contributed by atoms with E-state index in [1.807, 2.05) is 36.6 Å². The molecule has 130 valence electrons. The normalized spacial score (nSPS) is 10.8. The molecule has 0 aliphatic heterocycles. The van der Waals surface area contributed by atoms with E-state index in [0.717, 1.165) is 9.35 Å². The Labute approximate surface area is 158 Å². The van der Waals surface area contributed by atoms with Gasteiger partial charge in [0.15, 0.2) is 0 Å². The lowest BCUT2D eigenvalue weighted by atomic mass is 10.2. The molecule has 0 N–H and O–H groups in total. The monoisotopic (exact) mass is 420 g/mol. The first-order chi connectivity index (χ1) is 12.2. The average molecular weight is 421 g/mol. The van der Waals surface area contributed by atoms with Gasteiger partial charge in [-0.3, -0.25) is 9.69 Å². The van der Waals surface area contributed by atoms with Crippen LogP contribution in [0, 0.1) is 0 Å². The smallest absolute Gasteiger partial charge is 0.228 e. The van der Waals surface area contributed by atoms with Crippen molar-refractivity contribution in [3.8, 4) is 10.7 Å². The van der Waals surface area contributed by atoms with Crippen LogP contribution in [0.3, 0.4) is 0 Å². The molecule has 6 nitrogen and oxygen atoms in total. The molecule has 1 amide bonds. The van der Waals surface area contributed by atoms with Gasteiger partial charge in [0.25, 0.3) is 0 Å². The molecule has 0 aliphatic rings. The molecule has 3 aromatic rings. The molecule has 0 fully saturated rings. The lowest BCUT2D eigenvalue weighted by Gasteiger charge is -2.19. The van der Waals surface area contributed by atoms with E-state index < -0.39 is 0 Å². The van der Waals surface area contributed by atoms with Gasteiger partial charge in [-0.05, 0) is 52.9 Å². The first kappa shape index (κ1) is 17.8. The van der Waals surface area contributed by atoms with Crippen molar-refractivity contribution in [2.24, 2.45) is 0 Å². The minimum Gasteiger partial charge on any atom is -0.339 e. The van der Waals surface area contributed by atoms with E-state index in [1.165, 1.54) is 0 Å². The van der Waals surface area contributed by atoms with Crippen LogP contribution in [0.25, 0.3) is 10.7 Å². The second-order valence-electron chi connectivity index (χ2n) is 5.32. The fraction of sp³-hybridized carbons (Fsp3) is 0.294. The summed E-state index contributed by atoms with van der Waals surface area (Å²) in [6.45, 7) is 2.52. The van der Waals surface area contributed by atoms with Crippen LogP contribution in [0.5, 0.6) is 0 Å². The van der Waals surface area contributed by atoms with Crippen molar-refractivity contribution in [1.29, 1.82) is 0 Å². The molecule has 0 saturated carbocycles. The molecule has 3 heterocycles. The quantitative estimate of drug-likeness (QED) is 0.568. The highest BCUT2D eigenvalue weighted by molar-refractivity contribution is 9.10. The number of carbonyl (C=O) groups is 1. The summed E-state index contributed by atoms with van der Waals surface area (Å²) in [6.07, 6.45) is 3.32. The van der Waals surface area contributed by atoms with Crippen LogP contribution in [0.1, 0.15) is 25.7 Å². The molecule has 0 spiro atoms. The van der Waals surface area contributed by atoms with Crippen LogP contribution in [0.2, 0.25) is 0 Å². The van der Waals surface area contributed by atoms with Gasteiger partial charge in [0.05, 0.1) is 4.88 Å². The summed E-state index contributed by atoms with van der Waals surface area (Å²) < 4.78 is 6.14. The minimum atomic E-state index is 0.0373. The highest BCUT2D eigenvalue weighted by Gasteiger charge is 2.16. The standard InChI is InChI=1S/C17H17BrN4O2S/c1-2-22(14-9-8-12(18)11-19-14)16(23)7-3-6-15-20-17(21-24-15)13-5-4-10-25-13/h4-5,8-11H,2-3,6-7H2,1H3. The number of anilines is 1. The number of carbonyl (C=O) groups excluding carboxylic acids is 1. The predicted molar refractivity (Wildman–Crippen MR) is 101 cm³/mol. The number of halogens is 1. The molecule has 8 heteroatoms. The Kier molecular flexibility index (Phi) is 5.93. The summed E-state index contributed by atoms with van der Waals surface area (Å²) >= 11 is 4.92. The van der Waals surface area contributed by atoms with Gasteiger partial charge < -0.3 is 4.52 Å². The maximum atomic E-state index is 12.5. The van der Waals surface area contributed by atoms with Gasteiger partial charge >= 0.3 is 0 Å². The van der Waals surface area contributed by atoms with Crippen LogP contribution in [-0.2, 0) is 11.2 Å². The highest BCUT2D eigenvalue weighted by Crippen LogP contribution is 2.22. The van der Waals surface area contributed by atoms with Crippen LogP contribution in [-0.4, -0.2) is 27.6 Å². The zero-order chi connectivity index (χ0) is 17.6. The van der Waals surface area contributed by atoms with Crippen molar-refractivity contribution < 1.29 is 9.32 Å². The van der Waals surface area contributed by atoms with Crippen molar-refractivity contribution in [2.45, 2.75) is 26.2 Å². The highest BCUT2D eigenvalue weighted by atomic mass is 79.9. The van der Waals surface area contributed by atoms with E-state index >= 15 is 0 Å². The minimum absolute atomic E-state index is 0.0373. The number of hydrogen-bond acceptors (Lipinski definition) is 6. The van der Waals surface area contributed by atoms with Gasteiger partial charge in [0, 0.05) is 30.1 Å². The summed E-state index contributed by atoms with van der Waals surface area (Å²) in [6, 6.07) is 7.61. The lowest BCUT2D eigenvalue weighted by Crippen LogP contribution is -2.31. The molecule has 0 radical (unpaired) electrons. The van der Waals surface area contributed by atoms with Crippen LogP contribution >= 0.6 is 27.3 Å². The Hall–Kier alpha value is -2.06. The van der Waals surface area contributed by atoms with Gasteiger partial charge in [-0.15, -0.1) is 11.3 Å². The van der Waals surface area contributed by atoms with Crippen LogP contribution in [0.15, 0.2) is 44.8 Å². The van der Waals surface area contributed by atoms with Gasteiger partial charge in [0.2, 0.25) is 17.6 Å². The third kappa shape index (κ3) is 4.52. The molecular formula is C17H17BrN4O2S. The zero-order valence-corrected chi connectivity index (χ0v) is 16.1. The lowest BCUT2D eigenvalue weighted by molar-refractivity contribution is -0.118. The van der Waals surface area contributed by atoms with Gasteiger partial charge in [-0.1, -0.05) is 11.2 Å².